The van der Waals surface area contributed by atoms with Crippen molar-refractivity contribution in [3.05, 3.63) is 58.7 Å². The van der Waals surface area contributed by atoms with Crippen molar-refractivity contribution in [2.75, 3.05) is 5.32 Å². The molecule has 2 aromatic rings. The van der Waals surface area contributed by atoms with E-state index in [0.717, 1.165) is 16.9 Å². The fourth-order valence-corrected chi connectivity index (χ4v) is 2.01. The Kier molecular flexibility index (Phi) is 3.72. The lowest BCUT2D eigenvalue weighted by Crippen LogP contribution is -2.00. The van der Waals surface area contributed by atoms with Crippen LogP contribution in [0, 0.1) is 25.2 Å². The number of aromatic carboxylic acids is 1. The van der Waals surface area contributed by atoms with Crippen molar-refractivity contribution in [2.45, 2.75) is 13.8 Å². The highest BCUT2D eigenvalue weighted by atomic mass is 16.4. The van der Waals surface area contributed by atoms with Crippen molar-refractivity contribution in [1.29, 1.82) is 5.26 Å². The SMILES string of the molecule is Cc1cc(Nc2ccc(C(=O)O)c(C)c2)ccc1C#N. The molecule has 0 bridgehead atoms. The van der Waals surface area contributed by atoms with Crippen molar-refractivity contribution < 1.29 is 9.90 Å². The summed E-state index contributed by atoms with van der Waals surface area (Å²) in [6.07, 6.45) is 0. The summed E-state index contributed by atoms with van der Waals surface area (Å²) in [4.78, 5) is 11.0. The van der Waals surface area contributed by atoms with Crippen molar-refractivity contribution >= 4 is 17.3 Å². The molecule has 2 rings (SSSR count). The zero-order valence-electron chi connectivity index (χ0n) is 11.3. The summed E-state index contributed by atoms with van der Waals surface area (Å²) in [5, 5.41) is 21.1. The van der Waals surface area contributed by atoms with Crippen LogP contribution in [0.5, 0.6) is 0 Å². The first kappa shape index (κ1) is 13.6. The van der Waals surface area contributed by atoms with Crippen molar-refractivity contribution in [1.82, 2.24) is 0 Å². The van der Waals surface area contributed by atoms with Gasteiger partial charge in [-0.25, -0.2) is 4.79 Å². The molecule has 0 heterocycles. The number of carboxylic acids is 1. The summed E-state index contributed by atoms with van der Waals surface area (Å²) >= 11 is 0. The molecule has 2 N–H and O–H groups in total. The van der Waals surface area contributed by atoms with Crippen molar-refractivity contribution in [2.24, 2.45) is 0 Å². The van der Waals surface area contributed by atoms with Gasteiger partial charge in [0, 0.05) is 11.4 Å². The Hall–Kier alpha value is -2.80. The van der Waals surface area contributed by atoms with Gasteiger partial charge in [0.05, 0.1) is 17.2 Å². The van der Waals surface area contributed by atoms with Crippen LogP contribution in [0.2, 0.25) is 0 Å². The molecule has 0 atom stereocenters. The highest BCUT2D eigenvalue weighted by Gasteiger charge is 2.07. The number of aryl methyl sites for hydroxylation is 2. The Morgan fingerprint density at radius 2 is 1.70 bits per heavy atom. The highest BCUT2D eigenvalue weighted by Crippen LogP contribution is 2.22. The molecule has 4 heteroatoms. The molecule has 0 aliphatic carbocycles. The van der Waals surface area contributed by atoms with Crippen molar-refractivity contribution in [3.8, 4) is 6.07 Å². The first-order chi connectivity index (χ1) is 9.51. The lowest BCUT2D eigenvalue weighted by atomic mass is 10.1. The number of nitrogens with zero attached hydrogens (tertiary/aromatic N) is 1. The van der Waals surface area contributed by atoms with E-state index in [1.807, 2.05) is 19.1 Å². The molecule has 0 radical (unpaired) electrons. The van der Waals surface area contributed by atoms with E-state index in [4.69, 9.17) is 10.4 Å². The molecule has 4 nitrogen and oxygen atoms in total. The molecule has 0 aromatic heterocycles. The molecule has 2 aromatic carbocycles. The Bertz CT molecular complexity index is 715. The van der Waals surface area contributed by atoms with E-state index < -0.39 is 5.97 Å². The maximum atomic E-state index is 11.0. The lowest BCUT2D eigenvalue weighted by molar-refractivity contribution is 0.0696. The Morgan fingerprint density at radius 1 is 1.10 bits per heavy atom. The molecule has 0 spiro atoms. The van der Waals surface area contributed by atoms with Crippen LogP contribution in [0.25, 0.3) is 0 Å². The number of carbonyl (C=O) groups is 1. The number of hydrogen-bond donors (Lipinski definition) is 2. The maximum absolute atomic E-state index is 11.0. The summed E-state index contributed by atoms with van der Waals surface area (Å²) in [5.41, 5.74) is 4.23. The standard InChI is InChI=1S/C16H14N2O2/c1-10-7-13(4-3-12(10)9-17)18-14-5-6-15(16(19)20)11(2)8-14/h3-8,18H,1-2H3,(H,19,20). The van der Waals surface area contributed by atoms with Gasteiger partial charge in [0.25, 0.3) is 0 Å². The maximum Gasteiger partial charge on any atom is 0.335 e. The Labute approximate surface area is 117 Å². The van der Waals surface area contributed by atoms with E-state index in [0.29, 0.717) is 16.7 Å². The Balaban J connectivity index is 2.27. The molecule has 100 valence electrons. The van der Waals surface area contributed by atoms with Crippen LogP contribution in [0.1, 0.15) is 27.0 Å². The fraction of sp³-hybridized carbons (Fsp3) is 0.125. The quantitative estimate of drug-likeness (QED) is 0.889. The van der Waals surface area contributed by atoms with Crippen LogP contribution in [0.4, 0.5) is 11.4 Å². The van der Waals surface area contributed by atoms with Crippen LogP contribution in [-0.4, -0.2) is 11.1 Å². The van der Waals surface area contributed by atoms with E-state index >= 15 is 0 Å². The molecule has 20 heavy (non-hydrogen) atoms. The molecule has 0 fully saturated rings. The molecular weight excluding hydrogens is 252 g/mol. The van der Waals surface area contributed by atoms with E-state index in [1.165, 1.54) is 0 Å². The predicted octanol–water partition coefficient (Wildman–Crippen LogP) is 3.62. The predicted molar refractivity (Wildman–Crippen MR) is 77.3 cm³/mol. The van der Waals surface area contributed by atoms with Crippen LogP contribution in [0.3, 0.4) is 0 Å². The third-order valence-corrected chi connectivity index (χ3v) is 3.09. The van der Waals surface area contributed by atoms with Gasteiger partial charge in [-0.2, -0.15) is 5.26 Å². The van der Waals surface area contributed by atoms with Crippen LogP contribution in [-0.2, 0) is 0 Å². The minimum absolute atomic E-state index is 0.298. The second-order valence-corrected chi connectivity index (χ2v) is 4.60. The number of rotatable bonds is 3. The molecule has 0 aliphatic rings. The smallest absolute Gasteiger partial charge is 0.335 e. The van der Waals surface area contributed by atoms with Gasteiger partial charge in [0.2, 0.25) is 0 Å². The third-order valence-electron chi connectivity index (χ3n) is 3.09. The number of nitrogens with one attached hydrogen (secondary N) is 1. The normalized spacial score (nSPS) is 9.85. The van der Waals surface area contributed by atoms with Gasteiger partial charge in [-0.05, 0) is 61.4 Å². The van der Waals surface area contributed by atoms with Crippen molar-refractivity contribution in [3.63, 3.8) is 0 Å². The molecule has 0 saturated carbocycles. The Morgan fingerprint density at radius 3 is 2.20 bits per heavy atom. The average molecular weight is 266 g/mol. The second-order valence-electron chi connectivity index (χ2n) is 4.60. The number of anilines is 2. The largest absolute Gasteiger partial charge is 0.478 e. The minimum atomic E-state index is -0.928. The summed E-state index contributed by atoms with van der Waals surface area (Å²) in [6.45, 7) is 3.64. The zero-order chi connectivity index (χ0) is 14.7. The zero-order valence-corrected chi connectivity index (χ0v) is 11.3. The van der Waals surface area contributed by atoms with Gasteiger partial charge in [-0.3, -0.25) is 0 Å². The first-order valence-electron chi connectivity index (χ1n) is 6.13. The summed E-state index contributed by atoms with van der Waals surface area (Å²) in [7, 11) is 0. The summed E-state index contributed by atoms with van der Waals surface area (Å²) < 4.78 is 0. The summed E-state index contributed by atoms with van der Waals surface area (Å²) in [6, 6.07) is 12.7. The molecular formula is C16H14N2O2. The van der Waals surface area contributed by atoms with Crippen LogP contribution in [0.15, 0.2) is 36.4 Å². The van der Waals surface area contributed by atoms with Gasteiger partial charge < -0.3 is 10.4 Å². The van der Waals surface area contributed by atoms with E-state index in [1.54, 1.807) is 31.2 Å². The topological polar surface area (TPSA) is 73.1 Å². The minimum Gasteiger partial charge on any atom is -0.478 e. The lowest BCUT2D eigenvalue weighted by Gasteiger charge is -2.10. The van der Waals surface area contributed by atoms with Gasteiger partial charge >= 0.3 is 5.97 Å². The number of nitriles is 1. The number of benzene rings is 2. The number of hydrogen-bond acceptors (Lipinski definition) is 3. The number of carboxylic acid groups (broad SMARTS) is 1. The molecule has 0 saturated heterocycles. The third kappa shape index (κ3) is 2.78. The average Bonchev–Trinajstić information content (AvgIpc) is 2.38. The monoisotopic (exact) mass is 266 g/mol. The van der Waals surface area contributed by atoms with E-state index in [-0.39, 0.29) is 0 Å². The van der Waals surface area contributed by atoms with Crippen LogP contribution >= 0.6 is 0 Å². The molecule has 0 unspecified atom stereocenters. The van der Waals surface area contributed by atoms with E-state index in [2.05, 4.69) is 11.4 Å². The van der Waals surface area contributed by atoms with Gasteiger partial charge in [-0.15, -0.1) is 0 Å². The molecule has 0 aliphatic heterocycles. The van der Waals surface area contributed by atoms with Crippen LogP contribution < -0.4 is 5.32 Å². The second kappa shape index (κ2) is 5.45. The highest BCUT2D eigenvalue weighted by molar-refractivity contribution is 5.90. The fourth-order valence-electron chi connectivity index (χ4n) is 2.01. The van der Waals surface area contributed by atoms with Gasteiger partial charge in [-0.1, -0.05) is 0 Å². The molecule has 0 amide bonds. The summed E-state index contributed by atoms with van der Waals surface area (Å²) in [5.74, 6) is -0.928. The van der Waals surface area contributed by atoms with Gasteiger partial charge in [0.1, 0.15) is 0 Å². The first-order valence-corrected chi connectivity index (χ1v) is 6.13. The van der Waals surface area contributed by atoms with E-state index in [9.17, 15) is 4.79 Å². The van der Waals surface area contributed by atoms with Gasteiger partial charge in [0.15, 0.2) is 0 Å².